The molecule has 26 heavy (non-hydrogen) atoms. The molecule has 4 nitrogen and oxygen atoms in total. The van der Waals surface area contributed by atoms with E-state index < -0.39 is 0 Å². The van der Waals surface area contributed by atoms with Crippen LogP contribution in [0, 0.1) is 20.8 Å². The molecule has 0 spiro atoms. The number of nitrogens with one attached hydrogen (secondary N) is 2. The Morgan fingerprint density at radius 2 is 1.88 bits per heavy atom. The van der Waals surface area contributed by atoms with Crippen LogP contribution in [0.4, 0.5) is 5.69 Å². The summed E-state index contributed by atoms with van der Waals surface area (Å²) in [6, 6.07) is 11.9. The van der Waals surface area contributed by atoms with Crippen LogP contribution in [-0.4, -0.2) is 17.7 Å². The average Bonchev–Trinajstić information content (AvgIpc) is 2.59. The Labute approximate surface area is 161 Å². The molecule has 2 aromatic carbocycles. The molecule has 0 amide bonds. The Morgan fingerprint density at radius 3 is 2.54 bits per heavy atom. The molecule has 0 heterocycles. The lowest BCUT2D eigenvalue weighted by molar-refractivity contribution is 0.0525. The number of hydrogen-bond acceptors (Lipinski definition) is 3. The fourth-order valence-corrected chi connectivity index (χ4v) is 2.96. The van der Waals surface area contributed by atoms with Crippen molar-refractivity contribution >= 4 is 29.0 Å². The summed E-state index contributed by atoms with van der Waals surface area (Å²) in [7, 11) is 0. The molecule has 0 unspecified atom stereocenters. The van der Waals surface area contributed by atoms with Crippen LogP contribution < -0.4 is 10.6 Å². The third-order valence-electron chi connectivity index (χ3n) is 4.46. The predicted octanol–water partition coefficient (Wildman–Crippen LogP) is 4.84. The number of rotatable bonds is 5. The maximum atomic E-state index is 12.0. The zero-order chi connectivity index (χ0) is 19.3. The molecule has 0 aliphatic heterocycles. The molecule has 5 heteroatoms. The van der Waals surface area contributed by atoms with Gasteiger partial charge in [-0.2, -0.15) is 0 Å². The van der Waals surface area contributed by atoms with Crippen molar-refractivity contribution in [3.05, 3.63) is 64.2 Å². The topological polar surface area (TPSA) is 50.4 Å². The zero-order valence-electron chi connectivity index (χ0n) is 16.0. The van der Waals surface area contributed by atoms with Gasteiger partial charge in [-0.1, -0.05) is 24.3 Å². The molecular formula is C21H26N2O2S. The molecule has 2 rings (SSSR count). The molecule has 0 aromatic heterocycles. The van der Waals surface area contributed by atoms with Crippen LogP contribution in [0.3, 0.4) is 0 Å². The van der Waals surface area contributed by atoms with E-state index in [9.17, 15) is 4.79 Å². The van der Waals surface area contributed by atoms with E-state index in [1.54, 1.807) is 13.0 Å². The van der Waals surface area contributed by atoms with E-state index in [-0.39, 0.29) is 12.0 Å². The maximum absolute atomic E-state index is 12.0. The Morgan fingerprint density at radius 1 is 1.15 bits per heavy atom. The summed E-state index contributed by atoms with van der Waals surface area (Å²) in [5.74, 6) is -0.323. The molecule has 0 aliphatic carbocycles. The number of carbonyl (C=O) groups excluding carboxylic acids is 1. The monoisotopic (exact) mass is 370 g/mol. The van der Waals surface area contributed by atoms with Crippen LogP contribution in [0.25, 0.3) is 0 Å². The summed E-state index contributed by atoms with van der Waals surface area (Å²) in [6.45, 7) is 10.3. The van der Waals surface area contributed by atoms with Gasteiger partial charge in [-0.15, -0.1) is 0 Å². The molecule has 0 aliphatic rings. The molecule has 1 atom stereocenters. The van der Waals surface area contributed by atoms with Crippen molar-refractivity contribution < 1.29 is 9.53 Å². The summed E-state index contributed by atoms with van der Waals surface area (Å²) < 4.78 is 5.10. The number of ether oxygens (including phenoxy) is 1. The Kier molecular flexibility index (Phi) is 6.75. The van der Waals surface area contributed by atoms with Gasteiger partial charge in [-0.25, -0.2) is 4.79 Å². The van der Waals surface area contributed by atoms with Crippen molar-refractivity contribution in [3.63, 3.8) is 0 Å². The van der Waals surface area contributed by atoms with Gasteiger partial charge in [-0.05, 0) is 81.2 Å². The van der Waals surface area contributed by atoms with Gasteiger partial charge < -0.3 is 15.4 Å². The van der Waals surface area contributed by atoms with Crippen LogP contribution in [0.15, 0.2) is 36.4 Å². The van der Waals surface area contributed by atoms with Crippen molar-refractivity contribution in [1.29, 1.82) is 0 Å². The first-order valence-electron chi connectivity index (χ1n) is 8.74. The first kappa shape index (κ1) is 19.9. The SMILES string of the molecule is CCOC(=O)c1cccc(NC(=S)N[C@H](C)c2ccc(C)c(C)c2)c1C. The first-order valence-corrected chi connectivity index (χ1v) is 9.15. The zero-order valence-corrected chi connectivity index (χ0v) is 16.8. The van der Waals surface area contributed by atoms with E-state index in [0.29, 0.717) is 17.3 Å². The van der Waals surface area contributed by atoms with Crippen molar-refractivity contribution in [3.8, 4) is 0 Å². The number of hydrogen-bond donors (Lipinski definition) is 2. The largest absolute Gasteiger partial charge is 0.462 e. The fourth-order valence-electron chi connectivity index (χ4n) is 2.67. The Bertz CT molecular complexity index is 818. The average molecular weight is 371 g/mol. The third kappa shape index (κ3) is 4.82. The van der Waals surface area contributed by atoms with Crippen LogP contribution in [0.1, 0.15) is 52.5 Å². The Hall–Kier alpha value is -2.40. The summed E-state index contributed by atoms with van der Waals surface area (Å²) in [5.41, 5.74) is 5.85. The van der Waals surface area contributed by atoms with Crippen molar-refractivity contribution in [2.24, 2.45) is 0 Å². The molecular weight excluding hydrogens is 344 g/mol. The predicted molar refractivity (Wildman–Crippen MR) is 111 cm³/mol. The third-order valence-corrected chi connectivity index (χ3v) is 4.68. The summed E-state index contributed by atoms with van der Waals surface area (Å²) in [6.07, 6.45) is 0. The van der Waals surface area contributed by atoms with E-state index >= 15 is 0 Å². The molecule has 2 aromatic rings. The lowest BCUT2D eigenvalue weighted by Crippen LogP contribution is -2.31. The lowest BCUT2D eigenvalue weighted by Gasteiger charge is -2.19. The second kappa shape index (κ2) is 8.81. The highest BCUT2D eigenvalue weighted by Crippen LogP contribution is 2.21. The Balaban J connectivity index is 2.08. The normalized spacial score (nSPS) is 11.6. The minimum Gasteiger partial charge on any atom is -0.462 e. The summed E-state index contributed by atoms with van der Waals surface area (Å²) in [5, 5.41) is 7.00. The van der Waals surface area contributed by atoms with Crippen LogP contribution in [0.2, 0.25) is 0 Å². The van der Waals surface area contributed by atoms with Gasteiger partial charge in [0.15, 0.2) is 5.11 Å². The quantitative estimate of drug-likeness (QED) is 0.583. The molecule has 0 fully saturated rings. The van der Waals surface area contributed by atoms with E-state index in [2.05, 4.69) is 49.6 Å². The minimum atomic E-state index is -0.323. The minimum absolute atomic E-state index is 0.0721. The van der Waals surface area contributed by atoms with E-state index in [1.165, 1.54) is 16.7 Å². The number of carbonyl (C=O) groups is 1. The molecule has 0 saturated heterocycles. The van der Waals surface area contributed by atoms with Gasteiger partial charge in [0.2, 0.25) is 0 Å². The molecule has 0 saturated carbocycles. The number of anilines is 1. The number of aryl methyl sites for hydroxylation is 2. The number of thiocarbonyl (C=S) groups is 1. The second-order valence-electron chi connectivity index (χ2n) is 6.36. The van der Waals surface area contributed by atoms with E-state index in [1.807, 2.05) is 19.1 Å². The molecule has 2 N–H and O–H groups in total. The lowest BCUT2D eigenvalue weighted by atomic mass is 10.0. The number of esters is 1. The van der Waals surface area contributed by atoms with Crippen molar-refractivity contribution in [1.82, 2.24) is 5.32 Å². The highest BCUT2D eigenvalue weighted by Gasteiger charge is 2.14. The van der Waals surface area contributed by atoms with Crippen molar-refractivity contribution in [2.75, 3.05) is 11.9 Å². The smallest absolute Gasteiger partial charge is 0.338 e. The standard InChI is InChI=1S/C21H26N2O2S/c1-6-25-20(24)18-8-7-9-19(15(18)4)23-21(26)22-16(5)17-11-10-13(2)14(3)12-17/h7-12,16H,6H2,1-5H3,(H2,22,23,26)/t16-/m1/s1. The van der Waals surface area contributed by atoms with E-state index in [0.717, 1.165) is 11.3 Å². The summed E-state index contributed by atoms with van der Waals surface area (Å²) >= 11 is 5.45. The van der Waals surface area contributed by atoms with Gasteiger partial charge >= 0.3 is 5.97 Å². The van der Waals surface area contributed by atoms with Gasteiger partial charge in [0, 0.05) is 5.69 Å². The van der Waals surface area contributed by atoms with Gasteiger partial charge in [0.25, 0.3) is 0 Å². The fraction of sp³-hybridized carbons (Fsp3) is 0.333. The highest BCUT2D eigenvalue weighted by atomic mass is 32.1. The summed E-state index contributed by atoms with van der Waals surface area (Å²) in [4.78, 5) is 12.0. The van der Waals surface area contributed by atoms with Crippen LogP contribution >= 0.6 is 12.2 Å². The van der Waals surface area contributed by atoms with Crippen molar-refractivity contribution in [2.45, 2.75) is 40.7 Å². The second-order valence-corrected chi connectivity index (χ2v) is 6.77. The molecule has 0 radical (unpaired) electrons. The highest BCUT2D eigenvalue weighted by molar-refractivity contribution is 7.80. The van der Waals surface area contributed by atoms with E-state index in [4.69, 9.17) is 17.0 Å². The van der Waals surface area contributed by atoms with Gasteiger partial charge in [-0.3, -0.25) is 0 Å². The van der Waals surface area contributed by atoms with Crippen LogP contribution in [0.5, 0.6) is 0 Å². The number of benzene rings is 2. The van der Waals surface area contributed by atoms with Crippen LogP contribution in [-0.2, 0) is 4.74 Å². The van der Waals surface area contributed by atoms with Gasteiger partial charge in [0.1, 0.15) is 0 Å². The maximum Gasteiger partial charge on any atom is 0.338 e. The molecule has 0 bridgehead atoms. The first-order chi connectivity index (χ1) is 12.3. The van der Waals surface area contributed by atoms with Gasteiger partial charge in [0.05, 0.1) is 18.2 Å². The molecule has 138 valence electrons.